The van der Waals surface area contributed by atoms with Gasteiger partial charge in [0.1, 0.15) is 31.0 Å². The van der Waals surface area contributed by atoms with Gasteiger partial charge in [-0.05, 0) is 12.1 Å². The molecule has 0 aliphatic carbocycles. The Morgan fingerprint density at radius 3 is 2.31 bits per heavy atom. The largest absolute Gasteiger partial charge is 0.479 e. The van der Waals surface area contributed by atoms with Crippen molar-refractivity contribution in [2.24, 2.45) is 0 Å². The second-order valence-electron chi connectivity index (χ2n) is 5.69. The Hall–Kier alpha value is -2.08. The smallest absolute Gasteiger partial charge is 0.338 e. The first-order chi connectivity index (χ1) is 12.3. The quantitative estimate of drug-likeness (QED) is 0.342. The lowest BCUT2D eigenvalue weighted by molar-refractivity contribution is -0.297. The predicted molar refractivity (Wildman–Crippen MR) is 83.0 cm³/mol. The lowest BCUT2D eigenvalue weighted by Gasteiger charge is -2.38. The third-order valence-electron chi connectivity index (χ3n) is 3.68. The molecule has 1 aliphatic rings. The number of carboxylic acid groups (broad SMARTS) is 1. The molecule has 0 unspecified atom stereocenters. The van der Waals surface area contributed by atoms with Crippen molar-refractivity contribution in [3.8, 4) is 0 Å². The summed E-state index contributed by atoms with van der Waals surface area (Å²) in [4.78, 5) is 22.7. The number of ether oxygens (including phenoxy) is 3. The molecule has 0 aromatic heterocycles. The second kappa shape index (κ2) is 9.03. The van der Waals surface area contributed by atoms with Crippen molar-refractivity contribution in [3.05, 3.63) is 35.9 Å². The summed E-state index contributed by atoms with van der Waals surface area (Å²) in [7, 11) is 0. The Morgan fingerprint density at radius 2 is 1.69 bits per heavy atom. The number of carboxylic acids is 1. The lowest BCUT2D eigenvalue weighted by atomic mass is 9.99. The number of rotatable bonds is 7. The molecule has 1 aromatic carbocycles. The van der Waals surface area contributed by atoms with E-state index < -0.39 is 62.0 Å². The van der Waals surface area contributed by atoms with E-state index in [2.05, 4.69) is 0 Å². The summed E-state index contributed by atoms with van der Waals surface area (Å²) >= 11 is 0. The molecule has 6 atom stereocenters. The standard InChI is InChI=1S/C16H20O10/c17-9(6-24-15(23)8-4-2-1-3-5-8)7-25-16-12(20)10(18)11(19)13(26-16)14(21)22/h1-5,9-13,16-20H,6-7H2,(H,21,22)/t9-,10-,11-,12+,13-,16-/m0/s1. The van der Waals surface area contributed by atoms with Crippen molar-refractivity contribution < 1.29 is 49.3 Å². The molecule has 0 saturated carbocycles. The molecular weight excluding hydrogens is 352 g/mol. The van der Waals surface area contributed by atoms with Gasteiger partial charge in [0.15, 0.2) is 12.4 Å². The van der Waals surface area contributed by atoms with E-state index in [4.69, 9.17) is 19.3 Å². The Kier molecular flexibility index (Phi) is 7.03. The fourth-order valence-electron chi connectivity index (χ4n) is 2.27. The first kappa shape index (κ1) is 20.2. The van der Waals surface area contributed by atoms with E-state index in [9.17, 15) is 30.0 Å². The molecule has 1 aliphatic heterocycles. The zero-order valence-electron chi connectivity index (χ0n) is 13.5. The molecule has 26 heavy (non-hydrogen) atoms. The molecule has 5 N–H and O–H groups in total. The minimum atomic E-state index is -1.83. The number of aliphatic carboxylic acids is 1. The second-order valence-corrected chi connectivity index (χ2v) is 5.69. The number of aliphatic hydroxyl groups excluding tert-OH is 4. The average Bonchev–Trinajstić information content (AvgIpc) is 2.64. The number of hydrogen-bond donors (Lipinski definition) is 5. The highest BCUT2D eigenvalue weighted by Crippen LogP contribution is 2.22. The Labute approximate surface area is 148 Å². The molecule has 0 radical (unpaired) electrons. The first-order valence-electron chi connectivity index (χ1n) is 7.75. The first-order valence-corrected chi connectivity index (χ1v) is 7.75. The zero-order valence-corrected chi connectivity index (χ0v) is 13.5. The van der Waals surface area contributed by atoms with Crippen LogP contribution < -0.4 is 0 Å². The Balaban J connectivity index is 1.81. The number of benzene rings is 1. The van der Waals surface area contributed by atoms with Gasteiger partial charge in [0.05, 0.1) is 12.2 Å². The van der Waals surface area contributed by atoms with Crippen LogP contribution in [-0.4, -0.2) is 87.5 Å². The Morgan fingerprint density at radius 1 is 1.04 bits per heavy atom. The van der Waals surface area contributed by atoms with Gasteiger partial charge in [-0.2, -0.15) is 0 Å². The van der Waals surface area contributed by atoms with Crippen LogP contribution in [0.15, 0.2) is 30.3 Å². The van der Waals surface area contributed by atoms with Crippen LogP contribution in [0.5, 0.6) is 0 Å². The molecule has 1 aromatic rings. The summed E-state index contributed by atoms with van der Waals surface area (Å²) in [5.74, 6) is -2.20. The normalized spacial score (nSPS) is 29.8. The molecule has 144 valence electrons. The van der Waals surface area contributed by atoms with E-state index in [1.807, 2.05) is 0 Å². The summed E-state index contributed by atoms with van der Waals surface area (Å²) in [5, 5.41) is 47.7. The highest BCUT2D eigenvalue weighted by molar-refractivity contribution is 5.89. The van der Waals surface area contributed by atoms with Crippen LogP contribution in [-0.2, 0) is 19.0 Å². The fourth-order valence-corrected chi connectivity index (χ4v) is 2.27. The molecule has 0 amide bonds. The SMILES string of the molecule is O=C(OC[C@H](O)CO[C@H]1O[C@H](C(=O)O)[C@@H](O)[C@H](O)[C@H]1O)c1ccccc1. The van der Waals surface area contributed by atoms with Crippen molar-refractivity contribution in [2.75, 3.05) is 13.2 Å². The topological polar surface area (TPSA) is 163 Å². The van der Waals surface area contributed by atoms with Crippen molar-refractivity contribution in [1.82, 2.24) is 0 Å². The van der Waals surface area contributed by atoms with Gasteiger partial charge < -0.3 is 39.7 Å². The van der Waals surface area contributed by atoms with Gasteiger partial charge in [-0.1, -0.05) is 18.2 Å². The number of carbonyl (C=O) groups excluding carboxylic acids is 1. The average molecular weight is 372 g/mol. The summed E-state index contributed by atoms with van der Waals surface area (Å²) in [6, 6.07) is 8.10. The van der Waals surface area contributed by atoms with Crippen LogP contribution in [0.4, 0.5) is 0 Å². The van der Waals surface area contributed by atoms with Crippen LogP contribution >= 0.6 is 0 Å². The minimum absolute atomic E-state index is 0.299. The van der Waals surface area contributed by atoms with Gasteiger partial charge in [0.2, 0.25) is 0 Å². The van der Waals surface area contributed by atoms with E-state index in [1.165, 1.54) is 12.1 Å². The van der Waals surface area contributed by atoms with E-state index in [0.29, 0.717) is 5.56 Å². The third-order valence-corrected chi connectivity index (χ3v) is 3.68. The Bertz CT molecular complexity index is 606. The molecule has 0 bridgehead atoms. The summed E-state index contributed by atoms with van der Waals surface area (Å²) in [6.07, 6.45) is -10.0. The number of esters is 1. The molecule has 1 heterocycles. The molecular formula is C16H20O10. The molecule has 1 saturated heterocycles. The highest BCUT2D eigenvalue weighted by atomic mass is 16.7. The van der Waals surface area contributed by atoms with Gasteiger partial charge in [-0.25, -0.2) is 9.59 Å². The number of hydrogen-bond acceptors (Lipinski definition) is 9. The van der Waals surface area contributed by atoms with Gasteiger partial charge in [0, 0.05) is 0 Å². The number of aliphatic hydroxyl groups is 4. The fraction of sp³-hybridized carbons (Fsp3) is 0.500. The van der Waals surface area contributed by atoms with Gasteiger partial charge >= 0.3 is 11.9 Å². The third kappa shape index (κ3) is 4.97. The zero-order chi connectivity index (χ0) is 19.3. The van der Waals surface area contributed by atoms with E-state index in [-0.39, 0.29) is 0 Å². The maximum atomic E-state index is 11.7. The minimum Gasteiger partial charge on any atom is -0.479 e. The summed E-state index contributed by atoms with van der Waals surface area (Å²) in [6.45, 7) is -0.886. The van der Waals surface area contributed by atoms with Crippen LogP contribution in [0.2, 0.25) is 0 Å². The molecule has 0 spiro atoms. The lowest BCUT2D eigenvalue weighted by Crippen LogP contribution is -2.60. The maximum Gasteiger partial charge on any atom is 0.338 e. The predicted octanol–water partition coefficient (Wildman–Crippen LogP) is -1.89. The van der Waals surface area contributed by atoms with Crippen molar-refractivity contribution in [1.29, 1.82) is 0 Å². The van der Waals surface area contributed by atoms with Gasteiger partial charge in [-0.15, -0.1) is 0 Å². The van der Waals surface area contributed by atoms with E-state index in [1.54, 1.807) is 18.2 Å². The summed E-state index contributed by atoms with van der Waals surface area (Å²) in [5.41, 5.74) is 0.299. The van der Waals surface area contributed by atoms with Crippen molar-refractivity contribution in [2.45, 2.75) is 36.8 Å². The van der Waals surface area contributed by atoms with Crippen molar-refractivity contribution in [3.63, 3.8) is 0 Å². The van der Waals surface area contributed by atoms with E-state index in [0.717, 1.165) is 0 Å². The van der Waals surface area contributed by atoms with Crippen LogP contribution in [0.25, 0.3) is 0 Å². The maximum absolute atomic E-state index is 11.7. The van der Waals surface area contributed by atoms with Gasteiger partial charge in [-0.3, -0.25) is 0 Å². The van der Waals surface area contributed by atoms with Crippen LogP contribution in [0.3, 0.4) is 0 Å². The van der Waals surface area contributed by atoms with Crippen molar-refractivity contribution >= 4 is 11.9 Å². The van der Waals surface area contributed by atoms with Crippen LogP contribution in [0.1, 0.15) is 10.4 Å². The highest BCUT2D eigenvalue weighted by Gasteiger charge is 2.47. The van der Waals surface area contributed by atoms with Crippen LogP contribution in [0, 0.1) is 0 Å². The monoisotopic (exact) mass is 372 g/mol. The molecule has 2 rings (SSSR count). The van der Waals surface area contributed by atoms with E-state index >= 15 is 0 Å². The summed E-state index contributed by atoms with van der Waals surface area (Å²) < 4.78 is 14.8. The molecule has 10 heteroatoms. The van der Waals surface area contributed by atoms with Gasteiger partial charge in [0.25, 0.3) is 0 Å². The number of carbonyl (C=O) groups is 2. The molecule has 1 fully saturated rings. The molecule has 10 nitrogen and oxygen atoms in total.